The van der Waals surface area contributed by atoms with Crippen LogP contribution in [0.4, 0.5) is 0 Å². The Kier molecular flexibility index (Phi) is 10.4. The minimum Gasteiger partial charge on any atom is -0.444 e. The summed E-state index contributed by atoms with van der Waals surface area (Å²) < 4.78 is 5.65. The van der Waals surface area contributed by atoms with E-state index >= 15 is 0 Å². The van der Waals surface area contributed by atoms with Crippen LogP contribution >= 0.6 is 24.0 Å². The van der Waals surface area contributed by atoms with Crippen LogP contribution in [0.25, 0.3) is 0 Å². The van der Waals surface area contributed by atoms with Crippen molar-refractivity contribution in [1.82, 2.24) is 25.4 Å². The number of nitrogens with one attached hydrogen (secondary N) is 2. The fourth-order valence-electron chi connectivity index (χ4n) is 3.49. The lowest BCUT2D eigenvalue weighted by Crippen LogP contribution is -2.48. The molecule has 1 aromatic heterocycles. The quantitative estimate of drug-likeness (QED) is 0.311. The molecular weight excluding hydrogens is 519 g/mol. The van der Waals surface area contributed by atoms with Crippen LogP contribution in [0.5, 0.6) is 0 Å². The summed E-state index contributed by atoms with van der Waals surface area (Å²) >= 11 is 0. The maximum Gasteiger partial charge on any atom is 0.243 e. The van der Waals surface area contributed by atoms with Gasteiger partial charge in [-0.1, -0.05) is 30.3 Å². The third-order valence-electron chi connectivity index (χ3n) is 5.53. The normalized spacial score (nSPS) is 15.2. The average Bonchev–Trinajstić information content (AvgIpc) is 3.09. The van der Waals surface area contributed by atoms with Gasteiger partial charge in [0.05, 0.1) is 12.2 Å². The molecule has 1 fully saturated rings. The van der Waals surface area contributed by atoms with E-state index in [1.165, 1.54) is 5.56 Å². The predicted molar refractivity (Wildman–Crippen MR) is 137 cm³/mol. The van der Waals surface area contributed by atoms with Crippen molar-refractivity contribution < 1.29 is 9.21 Å². The lowest BCUT2D eigenvalue weighted by Gasteiger charge is -2.33. The first kappa shape index (κ1) is 26.1. The van der Waals surface area contributed by atoms with Crippen LogP contribution in [-0.2, 0) is 17.9 Å². The molecule has 0 atom stereocenters. The van der Waals surface area contributed by atoms with E-state index in [-0.39, 0.29) is 36.4 Å². The summed E-state index contributed by atoms with van der Waals surface area (Å²) in [6.45, 7) is 7.37. The molecule has 2 heterocycles. The molecule has 0 spiro atoms. The Hall–Kier alpha value is -2.14. The number of guanidine groups is 1. The second kappa shape index (κ2) is 12.8. The highest BCUT2D eigenvalue weighted by Crippen LogP contribution is 2.14. The molecule has 1 saturated heterocycles. The molecule has 0 radical (unpaired) electrons. The Morgan fingerprint density at radius 1 is 1.22 bits per heavy atom. The molecule has 9 heteroatoms. The molecule has 2 N–H and O–H groups in total. The largest absolute Gasteiger partial charge is 0.444 e. The van der Waals surface area contributed by atoms with E-state index < -0.39 is 0 Å². The van der Waals surface area contributed by atoms with E-state index in [9.17, 15) is 4.79 Å². The van der Waals surface area contributed by atoms with Gasteiger partial charge in [-0.25, -0.2) is 9.98 Å². The zero-order chi connectivity index (χ0) is 22.2. The monoisotopic (exact) mass is 554 g/mol. The van der Waals surface area contributed by atoms with E-state index in [0.29, 0.717) is 24.4 Å². The van der Waals surface area contributed by atoms with E-state index in [4.69, 9.17) is 4.42 Å². The lowest BCUT2D eigenvalue weighted by molar-refractivity contribution is -0.127. The molecular formula is C23H35IN6O2. The first-order valence-electron chi connectivity index (χ1n) is 10.8. The predicted octanol–water partition coefficient (Wildman–Crippen LogP) is 2.70. The fourth-order valence-corrected chi connectivity index (χ4v) is 3.49. The molecule has 176 valence electrons. The van der Waals surface area contributed by atoms with Gasteiger partial charge in [-0.05, 0) is 32.3 Å². The minimum atomic E-state index is -0.0402. The molecule has 3 rings (SSSR count). The number of hydrogen-bond acceptors (Lipinski definition) is 5. The molecule has 1 aliphatic heterocycles. The van der Waals surface area contributed by atoms with Crippen molar-refractivity contribution in [1.29, 1.82) is 0 Å². The molecule has 0 saturated carbocycles. The summed E-state index contributed by atoms with van der Waals surface area (Å²) in [5.74, 6) is 2.00. The molecule has 1 aliphatic rings. The standard InChI is InChI=1S/C23H34N6O2.HI/c1-17-18(2)31-21(26-17)14-24-23(25-15-22(30)28(3)4)27-20-10-12-29(13-11-20)16-19-8-6-5-7-9-19;/h5-9,20H,10-16H2,1-4H3,(H2,24,25,27);1H. The summed E-state index contributed by atoms with van der Waals surface area (Å²) in [5.41, 5.74) is 2.23. The highest BCUT2D eigenvalue weighted by Gasteiger charge is 2.20. The van der Waals surface area contributed by atoms with Gasteiger partial charge in [0.2, 0.25) is 11.8 Å². The summed E-state index contributed by atoms with van der Waals surface area (Å²) in [7, 11) is 3.47. The molecule has 2 aromatic rings. The zero-order valence-electron chi connectivity index (χ0n) is 19.4. The number of carbonyl (C=O) groups excluding carboxylic acids is 1. The van der Waals surface area contributed by atoms with Gasteiger partial charge in [-0.2, -0.15) is 0 Å². The number of piperidine rings is 1. The van der Waals surface area contributed by atoms with Crippen LogP contribution in [0.2, 0.25) is 0 Å². The highest BCUT2D eigenvalue weighted by atomic mass is 127. The van der Waals surface area contributed by atoms with Crippen molar-refractivity contribution in [3.8, 4) is 0 Å². The minimum absolute atomic E-state index is 0. The molecule has 0 aliphatic carbocycles. The Balaban J connectivity index is 0.00000363. The van der Waals surface area contributed by atoms with Crippen molar-refractivity contribution in [3.05, 3.63) is 53.2 Å². The number of oxazole rings is 1. The Labute approximate surface area is 207 Å². The average molecular weight is 554 g/mol. The number of aliphatic imine (C=N–C) groups is 1. The summed E-state index contributed by atoms with van der Waals surface area (Å²) in [6.07, 6.45) is 2.04. The van der Waals surface area contributed by atoms with Crippen molar-refractivity contribution in [2.45, 2.75) is 45.8 Å². The second-order valence-electron chi connectivity index (χ2n) is 8.24. The van der Waals surface area contributed by atoms with Crippen LogP contribution in [0.15, 0.2) is 39.7 Å². The number of rotatable bonds is 7. The number of hydrogen-bond donors (Lipinski definition) is 2. The second-order valence-corrected chi connectivity index (χ2v) is 8.24. The number of halogens is 1. The van der Waals surface area contributed by atoms with E-state index in [1.54, 1.807) is 19.0 Å². The van der Waals surface area contributed by atoms with Gasteiger partial charge < -0.3 is 20.0 Å². The lowest BCUT2D eigenvalue weighted by atomic mass is 10.0. The van der Waals surface area contributed by atoms with Gasteiger partial charge in [0.15, 0.2) is 5.96 Å². The van der Waals surface area contributed by atoms with Crippen LogP contribution in [0.3, 0.4) is 0 Å². The number of amides is 1. The van der Waals surface area contributed by atoms with Crippen LogP contribution < -0.4 is 10.6 Å². The molecule has 32 heavy (non-hydrogen) atoms. The van der Waals surface area contributed by atoms with Gasteiger partial charge in [-0.3, -0.25) is 9.69 Å². The van der Waals surface area contributed by atoms with Crippen molar-refractivity contribution in [2.75, 3.05) is 33.7 Å². The van der Waals surface area contributed by atoms with Crippen LogP contribution in [0.1, 0.15) is 35.7 Å². The topological polar surface area (TPSA) is 86.0 Å². The summed E-state index contributed by atoms with van der Waals surface area (Å²) in [4.78, 5) is 24.9. The molecule has 0 unspecified atom stereocenters. The molecule has 1 amide bonds. The maximum absolute atomic E-state index is 12.0. The first-order valence-corrected chi connectivity index (χ1v) is 10.8. The number of likely N-dealkylation sites (N-methyl/N-ethyl adjacent to an activating group) is 1. The first-order chi connectivity index (χ1) is 14.9. The SMILES string of the molecule is Cc1nc(CNC(=NCC(=O)N(C)C)NC2CCN(Cc3ccccc3)CC2)oc1C.I. The molecule has 1 aromatic carbocycles. The van der Waals surface area contributed by atoms with Gasteiger partial charge in [0, 0.05) is 39.8 Å². The van der Waals surface area contributed by atoms with Crippen LogP contribution in [0, 0.1) is 13.8 Å². The summed E-state index contributed by atoms with van der Waals surface area (Å²) in [6, 6.07) is 10.9. The Bertz CT molecular complexity index is 856. The number of nitrogens with zero attached hydrogens (tertiary/aromatic N) is 4. The Morgan fingerprint density at radius 2 is 1.91 bits per heavy atom. The fraction of sp³-hybridized carbons (Fsp3) is 0.522. The van der Waals surface area contributed by atoms with Crippen molar-refractivity contribution >= 4 is 35.8 Å². The van der Waals surface area contributed by atoms with E-state index in [2.05, 4.69) is 55.8 Å². The van der Waals surface area contributed by atoms with Gasteiger partial charge in [0.1, 0.15) is 12.3 Å². The third kappa shape index (κ3) is 8.09. The number of benzene rings is 1. The van der Waals surface area contributed by atoms with E-state index in [1.807, 2.05) is 13.8 Å². The zero-order valence-corrected chi connectivity index (χ0v) is 21.8. The number of aromatic nitrogens is 1. The van der Waals surface area contributed by atoms with Crippen molar-refractivity contribution in [3.63, 3.8) is 0 Å². The molecule has 8 nitrogen and oxygen atoms in total. The summed E-state index contributed by atoms with van der Waals surface area (Å²) in [5, 5.41) is 6.77. The highest BCUT2D eigenvalue weighted by molar-refractivity contribution is 14.0. The third-order valence-corrected chi connectivity index (χ3v) is 5.53. The van der Waals surface area contributed by atoms with Gasteiger partial charge in [0.25, 0.3) is 0 Å². The van der Waals surface area contributed by atoms with Gasteiger partial charge in [-0.15, -0.1) is 24.0 Å². The Morgan fingerprint density at radius 3 is 2.50 bits per heavy atom. The van der Waals surface area contributed by atoms with Crippen LogP contribution in [-0.4, -0.2) is 66.4 Å². The maximum atomic E-state index is 12.0. The smallest absolute Gasteiger partial charge is 0.243 e. The van der Waals surface area contributed by atoms with E-state index in [0.717, 1.165) is 43.9 Å². The number of carbonyl (C=O) groups is 1. The van der Waals surface area contributed by atoms with Crippen molar-refractivity contribution in [2.24, 2.45) is 4.99 Å². The number of likely N-dealkylation sites (tertiary alicyclic amines) is 1. The van der Waals surface area contributed by atoms with Gasteiger partial charge >= 0.3 is 0 Å². The number of aryl methyl sites for hydroxylation is 2. The molecule has 0 bridgehead atoms.